The molecule has 0 aromatic heterocycles. The van der Waals surface area contributed by atoms with Crippen LogP contribution in [0.3, 0.4) is 0 Å². The Labute approximate surface area is 117 Å². The summed E-state index contributed by atoms with van der Waals surface area (Å²) in [5.41, 5.74) is 4.38. The number of aryl methyl sites for hydroxylation is 2. The molecule has 0 radical (unpaired) electrons. The normalized spacial score (nSPS) is 19.8. The van der Waals surface area contributed by atoms with Gasteiger partial charge in [0, 0.05) is 19.1 Å². The first-order chi connectivity index (χ1) is 8.22. The minimum atomic E-state index is 0. The second-order valence-electron chi connectivity index (χ2n) is 5.19. The second kappa shape index (κ2) is 7.13. The van der Waals surface area contributed by atoms with Gasteiger partial charge in [0.2, 0.25) is 0 Å². The van der Waals surface area contributed by atoms with Crippen molar-refractivity contribution >= 4 is 12.4 Å². The summed E-state index contributed by atoms with van der Waals surface area (Å²) >= 11 is 0. The average Bonchev–Trinajstić information content (AvgIpc) is 2.72. The van der Waals surface area contributed by atoms with E-state index in [2.05, 4.69) is 49.3 Å². The smallest absolute Gasteiger partial charge is 0.0242 e. The Bertz CT molecular complexity index is 359. The Morgan fingerprint density at radius 2 is 1.94 bits per heavy atom. The average molecular weight is 269 g/mol. The van der Waals surface area contributed by atoms with Crippen LogP contribution in [0.15, 0.2) is 18.2 Å². The zero-order valence-electron chi connectivity index (χ0n) is 11.7. The third-order valence-electron chi connectivity index (χ3n) is 3.94. The van der Waals surface area contributed by atoms with Gasteiger partial charge in [-0.2, -0.15) is 0 Å². The molecule has 0 amide bonds. The number of nitrogens with one attached hydrogen (secondary N) is 1. The summed E-state index contributed by atoms with van der Waals surface area (Å²) < 4.78 is 0. The summed E-state index contributed by atoms with van der Waals surface area (Å²) in [5, 5.41) is 3.31. The number of hydrogen-bond donors (Lipinski definition) is 1. The Morgan fingerprint density at radius 3 is 2.56 bits per heavy atom. The first kappa shape index (κ1) is 15.5. The van der Waals surface area contributed by atoms with E-state index in [9.17, 15) is 0 Å². The standard InChI is InChI=1S/C15H24N2.ClH/c1-12-6-4-7-13(2)15(12)11-17-9-5-8-14(17)10-16-3;/h4,6-7,14,16H,5,8-11H2,1-3H3;1H. The van der Waals surface area contributed by atoms with Crippen LogP contribution in [0.4, 0.5) is 0 Å². The number of halogens is 1. The van der Waals surface area contributed by atoms with E-state index < -0.39 is 0 Å². The van der Waals surface area contributed by atoms with Crippen molar-refractivity contribution in [3.05, 3.63) is 34.9 Å². The molecule has 1 unspecified atom stereocenters. The molecule has 1 aromatic rings. The van der Waals surface area contributed by atoms with Crippen molar-refractivity contribution in [1.29, 1.82) is 0 Å². The summed E-state index contributed by atoms with van der Waals surface area (Å²) in [4.78, 5) is 2.63. The van der Waals surface area contributed by atoms with Crippen molar-refractivity contribution in [3.8, 4) is 0 Å². The number of hydrogen-bond acceptors (Lipinski definition) is 2. The maximum atomic E-state index is 3.31. The molecule has 1 saturated heterocycles. The first-order valence-corrected chi connectivity index (χ1v) is 6.66. The first-order valence-electron chi connectivity index (χ1n) is 6.66. The van der Waals surface area contributed by atoms with Crippen molar-refractivity contribution in [1.82, 2.24) is 10.2 Å². The second-order valence-corrected chi connectivity index (χ2v) is 5.19. The molecule has 1 N–H and O–H groups in total. The molecular weight excluding hydrogens is 244 g/mol. The van der Waals surface area contributed by atoms with Gasteiger partial charge < -0.3 is 5.32 Å². The van der Waals surface area contributed by atoms with Crippen LogP contribution in [0.1, 0.15) is 29.5 Å². The van der Waals surface area contributed by atoms with Crippen molar-refractivity contribution in [3.63, 3.8) is 0 Å². The fraction of sp³-hybridized carbons (Fsp3) is 0.600. The van der Waals surface area contributed by atoms with Crippen LogP contribution in [0.5, 0.6) is 0 Å². The molecule has 1 heterocycles. The topological polar surface area (TPSA) is 15.3 Å². The number of likely N-dealkylation sites (N-methyl/N-ethyl adjacent to an activating group) is 1. The van der Waals surface area contributed by atoms with Gasteiger partial charge >= 0.3 is 0 Å². The van der Waals surface area contributed by atoms with E-state index in [1.165, 1.54) is 36.1 Å². The van der Waals surface area contributed by atoms with E-state index >= 15 is 0 Å². The lowest BCUT2D eigenvalue weighted by molar-refractivity contribution is 0.241. The molecular formula is C15H25ClN2. The van der Waals surface area contributed by atoms with Crippen LogP contribution in [-0.4, -0.2) is 31.1 Å². The molecule has 0 spiro atoms. The van der Waals surface area contributed by atoms with Crippen molar-refractivity contribution in [2.45, 2.75) is 39.3 Å². The van der Waals surface area contributed by atoms with E-state index in [0.29, 0.717) is 0 Å². The van der Waals surface area contributed by atoms with Crippen LogP contribution in [-0.2, 0) is 6.54 Å². The van der Waals surface area contributed by atoms with Crippen LogP contribution in [0.2, 0.25) is 0 Å². The van der Waals surface area contributed by atoms with Gasteiger partial charge in [0.1, 0.15) is 0 Å². The molecule has 18 heavy (non-hydrogen) atoms. The number of rotatable bonds is 4. The van der Waals surface area contributed by atoms with Gasteiger partial charge in [0.25, 0.3) is 0 Å². The van der Waals surface area contributed by atoms with Gasteiger partial charge in [0.05, 0.1) is 0 Å². The van der Waals surface area contributed by atoms with Gasteiger partial charge in [-0.1, -0.05) is 18.2 Å². The van der Waals surface area contributed by atoms with Crippen LogP contribution < -0.4 is 5.32 Å². The summed E-state index contributed by atoms with van der Waals surface area (Å²) in [5.74, 6) is 0. The summed E-state index contributed by atoms with van der Waals surface area (Å²) in [6.45, 7) is 7.94. The van der Waals surface area contributed by atoms with E-state index in [0.717, 1.165) is 19.1 Å². The van der Waals surface area contributed by atoms with E-state index in [4.69, 9.17) is 0 Å². The predicted octanol–water partition coefficient (Wildman–Crippen LogP) is 2.91. The zero-order chi connectivity index (χ0) is 12.3. The van der Waals surface area contributed by atoms with E-state index in [1.54, 1.807) is 0 Å². The lowest BCUT2D eigenvalue weighted by Crippen LogP contribution is -2.36. The fourth-order valence-electron chi connectivity index (χ4n) is 2.87. The molecule has 102 valence electrons. The molecule has 1 atom stereocenters. The van der Waals surface area contributed by atoms with Crippen molar-refractivity contribution in [2.24, 2.45) is 0 Å². The molecule has 3 heteroatoms. The van der Waals surface area contributed by atoms with Gasteiger partial charge in [-0.05, 0) is 57.0 Å². The maximum Gasteiger partial charge on any atom is 0.0242 e. The third kappa shape index (κ3) is 3.47. The fourth-order valence-corrected chi connectivity index (χ4v) is 2.87. The highest BCUT2D eigenvalue weighted by atomic mass is 35.5. The minimum Gasteiger partial charge on any atom is -0.318 e. The zero-order valence-corrected chi connectivity index (χ0v) is 12.5. The molecule has 0 saturated carbocycles. The summed E-state index contributed by atoms with van der Waals surface area (Å²) in [6, 6.07) is 7.33. The predicted molar refractivity (Wildman–Crippen MR) is 80.5 cm³/mol. The molecule has 1 aromatic carbocycles. The van der Waals surface area contributed by atoms with Crippen LogP contribution in [0, 0.1) is 13.8 Å². The van der Waals surface area contributed by atoms with E-state index in [1.807, 2.05) is 0 Å². The highest BCUT2D eigenvalue weighted by Gasteiger charge is 2.24. The lowest BCUT2D eigenvalue weighted by Gasteiger charge is -2.25. The van der Waals surface area contributed by atoms with Gasteiger partial charge in [0.15, 0.2) is 0 Å². The van der Waals surface area contributed by atoms with Crippen LogP contribution in [0.25, 0.3) is 0 Å². The van der Waals surface area contributed by atoms with Crippen LogP contribution >= 0.6 is 12.4 Å². The van der Waals surface area contributed by atoms with E-state index in [-0.39, 0.29) is 12.4 Å². The number of nitrogens with zero attached hydrogens (tertiary/aromatic N) is 1. The number of benzene rings is 1. The molecule has 1 aliphatic rings. The largest absolute Gasteiger partial charge is 0.318 e. The van der Waals surface area contributed by atoms with Gasteiger partial charge in [-0.3, -0.25) is 4.90 Å². The summed E-state index contributed by atoms with van der Waals surface area (Å²) in [6.07, 6.45) is 2.68. The van der Waals surface area contributed by atoms with Crippen molar-refractivity contribution < 1.29 is 0 Å². The molecule has 2 rings (SSSR count). The monoisotopic (exact) mass is 268 g/mol. The molecule has 2 nitrogen and oxygen atoms in total. The van der Waals surface area contributed by atoms with Gasteiger partial charge in [-0.15, -0.1) is 12.4 Å². The minimum absolute atomic E-state index is 0. The lowest BCUT2D eigenvalue weighted by atomic mass is 10.0. The Balaban J connectivity index is 0.00000162. The van der Waals surface area contributed by atoms with Crippen molar-refractivity contribution in [2.75, 3.05) is 20.1 Å². The number of likely N-dealkylation sites (tertiary alicyclic amines) is 1. The SMILES string of the molecule is CNCC1CCCN1Cc1c(C)cccc1C.Cl. The maximum absolute atomic E-state index is 3.31. The molecule has 0 bridgehead atoms. The highest BCUT2D eigenvalue weighted by molar-refractivity contribution is 5.85. The molecule has 0 aliphatic carbocycles. The van der Waals surface area contributed by atoms with Gasteiger partial charge in [-0.25, -0.2) is 0 Å². The third-order valence-corrected chi connectivity index (χ3v) is 3.94. The molecule has 1 fully saturated rings. The quantitative estimate of drug-likeness (QED) is 0.903. The highest BCUT2D eigenvalue weighted by Crippen LogP contribution is 2.22. The Hall–Kier alpha value is -0.570. The Kier molecular flexibility index (Phi) is 6.13. The molecule has 1 aliphatic heterocycles. The Morgan fingerprint density at radius 1 is 1.28 bits per heavy atom. The summed E-state index contributed by atoms with van der Waals surface area (Å²) in [7, 11) is 2.05.